The molecule has 0 bridgehead atoms. The number of aromatic nitrogens is 1. The summed E-state index contributed by atoms with van der Waals surface area (Å²) in [4.78, 5) is 0. The summed E-state index contributed by atoms with van der Waals surface area (Å²) in [6, 6.07) is 9.98. The molecule has 2 N–H and O–H groups in total. The molecule has 15 heavy (non-hydrogen) atoms. The van der Waals surface area contributed by atoms with Crippen molar-refractivity contribution in [1.29, 1.82) is 5.26 Å². The standard InChI is InChI=1S/C12H13N3/c1-9(14)8-15-5-4-11-6-10(7-13)2-3-12(11)15/h2-6,9H,8,14H2,1H3/t9-/m0/s1. The van der Waals surface area contributed by atoms with Crippen LogP contribution < -0.4 is 5.73 Å². The van der Waals surface area contributed by atoms with Crippen molar-refractivity contribution in [2.24, 2.45) is 5.73 Å². The molecule has 0 amide bonds. The smallest absolute Gasteiger partial charge is 0.0991 e. The molecule has 0 radical (unpaired) electrons. The largest absolute Gasteiger partial charge is 0.346 e. The minimum Gasteiger partial charge on any atom is -0.346 e. The minimum absolute atomic E-state index is 0.135. The van der Waals surface area contributed by atoms with Gasteiger partial charge in [-0.15, -0.1) is 0 Å². The van der Waals surface area contributed by atoms with Crippen LogP contribution in [0.3, 0.4) is 0 Å². The molecule has 0 aliphatic heterocycles. The summed E-state index contributed by atoms with van der Waals surface area (Å²) in [5.41, 5.74) is 7.58. The van der Waals surface area contributed by atoms with E-state index in [0.29, 0.717) is 5.56 Å². The molecule has 1 aromatic carbocycles. The SMILES string of the molecule is C[C@H](N)Cn1ccc2cc(C#N)ccc21. The normalized spacial score (nSPS) is 12.6. The second kappa shape index (κ2) is 3.76. The van der Waals surface area contributed by atoms with Gasteiger partial charge in [0.15, 0.2) is 0 Å². The number of benzene rings is 1. The molecule has 1 aromatic heterocycles. The molecule has 76 valence electrons. The highest BCUT2D eigenvalue weighted by Crippen LogP contribution is 2.17. The van der Waals surface area contributed by atoms with E-state index in [1.54, 1.807) is 0 Å². The third-order valence-corrected chi connectivity index (χ3v) is 2.38. The fraction of sp³-hybridized carbons (Fsp3) is 0.250. The maximum absolute atomic E-state index is 8.77. The van der Waals surface area contributed by atoms with E-state index in [0.717, 1.165) is 17.4 Å². The number of hydrogen-bond acceptors (Lipinski definition) is 2. The van der Waals surface area contributed by atoms with Gasteiger partial charge in [0.2, 0.25) is 0 Å². The Morgan fingerprint density at radius 2 is 2.27 bits per heavy atom. The number of nitriles is 1. The summed E-state index contributed by atoms with van der Waals surface area (Å²) in [7, 11) is 0. The first kappa shape index (κ1) is 9.75. The first-order chi connectivity index (χ1) is 7.20. The average Bonchev–Trinajstić information content (AvgIpc) is 2.60. The Hall–Kier alpha value is -1.79. The van der Waals surface area contributed by atoms with E-state index in [2.05, 4.69) is 10.6 Å². The van der Waals surface area contributed by atoms with Crippen molar-refractivity contribution in [3.63, 3.8) is 0 Å². The van der Waals surface area contributed by atoms with Gasteiger partial charge in [0, 0.05) is 29.7 Å². The molecular formula is C12H13N3. The van der Waals surface area contributed by atoms with Gasteiger partial charge in [-0.3, -0.25) is 0 Å². The lowest BCUT2D eigenvalue weighted by Crippen LogP contribution is -2.21. The molecule has 1 heterocycles. The monoisotopic (exact) mass is 199 g/mol. The van der Waals surface area contributed by atoms with Crippen molar-refractivity contribution in [3.8, 4) is 6.07 Å². The highest BCUT2D eigenvalue weighted by Gasteiger charge is 2.03. The van der Waals surface area contributed by atoms with Gasteiger partial charge < -0.3 is 10.3 Å². The maximum Gasteiger partial charge on any atom is 0.0991 e. The number of nitrogens with zero attached hydrogens (tertiary/aromatic N) is 2. The third-order valence-electron chi connectivity index (χ3n) is 2.38. The van der Waals surface area contributed by atoms with E-state index in [-0.39, 0.29) is 6.04 Å². The Kier molecular flexibility index (Phi) is 2.44. The molecule has 0 aliphatic carbocycles. The van der Waals surface area contributed by atoms with Crippen molar-refractivity contribution in [2.45, 2.75) is 19.5 Å². The van der Waals surface area contributed by atoms with Gasteiger partial charge >= 0.3 is 0 Å². The number of nitrogens with two attached hydrogens (primary N) is 1. The van der Waals surface area contributed by atoms with Crippen molar-refractivity contribution in [3.05, 3.63) is 36.0 Å². The van der Waals surface area contributed by atoms with Gasteiger partial charge in [0.25, 0.3) is 0 Å². The van der Waals surface area contributed by atoms with Crippen LogP contribution in [0.25, 0.3) is 10.9 Å². The molecule has 3 heteroatoms. The van der Waals surface area contributed by atoms with Gasteiger partial charge in [0.05, 0.1) is 11.6 Å². The molecule has 1 atom stereocenters. The van der Waals surface area contributed by atoms with Crippen LogP contribution in [0.1, 0.15) is 12.5 Å². The maximum atomic E-state index is 8.77. The van der Waals surface area contributed by atoms with Crippen LogP contribution >= 0.6 is 0 Å². The molecule has 0 fully saturated rings. The summed E-state index contributed by atoms with van der Waals surface area (Å²) >= 11 is 0. The zero-order valence-corrected chi connectivity index (χ0v) is 8.64. The molecule has 2 rings (SSSR count). The Bertz CT molecular complexity index is 517. The van der Waals surface area contributed by atoms with Gasteiger partial charge in [-0.2, -0.15) is 5.26 Å². The lowest BCUT2D eigenvalue weighted by atomic mass is 10.2. The molecule has 2 aromatic rings. The quantitative estimate of drug-likeness (QED) is 0.802. The second-order valence-corrected chi connectivity index (χ2v) is 3.83. The number of hydrogen-bond donors (Lipinski definition) is 1. The Morgan fingerprint density at radius 3 is 2.93 bits per heavy atom. The predicted octanol–water partition coefficient (Wildman–Crippen LogP) is 1.86. The Labute approximate surface area is 88.7 Å². The lowest BCUT2D eigenvalue weighted by Gasteiger charge is -2.08. The summed E-state index contributed by atoms with van der Waals surface area (Å²) in [5.74, 6) is 0. The topological polar surface area (TPSA) is 54.7 Å². The zero-order chi connectivity index (χ0) is 10.8. The van der Waals surface area contributed by atoms with Gasteiger partial charge in [0.1, 0.15) is 0 Å². The highest BCUT2D eigenvalue weighted by molar-refractivity contribution is 5.81. The molecule has 0 unspecified atom stereocenters. The summed E-state index contributed by atoms with van der Waals surface area (Å²) in [6.07, 6.45) is 2.01. The summed E-state index contributed by atoms with van der Waals surface area (Å²) in [5, 5.41) is 9.86. The van der Waals surface area contributed by atoms with Gasteiger partial charge in [-0.1, -0.05) is 0 Å². The Morgan fingerprint density at radius 1 is 1.47 bits per heavy atom. The lowest BCUT2D eigenvalue weighted by molar-refractivity contribution is 0.605. The fourth-order valence-corrected chi connectivity index (χ4v) is 1.74. The summed E-state index contributed by atoms with van der Waals surface area (Å²) in [6.45, 7) is 2.78. The van der Waals surface area contributed by atoms with Gasteiger partial charge in [-0.05, 0) is 31.2 Å². The van der Waals surface area contributed by atoms with Crippen LogP contribution in [0.4, 0.5) is 0 Å². The van der Waals surface area contributed by atoms with Gasteiger partial charge in [-0.25, -0.2) is 0 Å². The van der Waals surface area contributed by atoms with Crippen molar-refractivity contribution in [1.82, 2.24) is 4.57 Å². The van der Waals surface area contributed by atoms with E-state index in [1.165, 1.54) is 0 Å². The van der Waals surface area contributed by atoms with Crippen LogP contribution in [-0.2, 0) is 6.54 Å². The van der Waals surface area contributed by atoms with Crippen LogP contribution in [-0.4, -0.2) is 10.6 Å². The first-order valence-corrected chi connectivity index (χ1v) is 4.95. The number of fused-ring (bicyclic) bond motifs is 1. The van der Waals surface area contributed by atoms with E-state index in [9.17, 15) is 0 Å². The van der Waals surface area contributed by atoms with Crippen LogP contribution in [0.15, 0.2) is 30.5 Å². The van der Waals surface area contributed by atoms with E-state index < -0.39 is 0 Å². The molecule has 0 saturated heterocycles. The molecule has 0 spiro atoms. The molecule has 3 nitrogen and oxygen atoms in total. The highest BCUT2D eigenvalue weighted by atomic mass is 15.0. The van der Waals surface area contributed by atoms with Crippen molar-refractivity contribution in [2.75, 3.05) is 0 Å². The molecule has 0 saturated carbocycles. The first-order valence-electron chi connectivity index (χ1n) is 4.95. The number of rotatable bonds is 2. The third kappa shape index (κ3) is 1.85. The van der Waals surface area contributed by atoms with Crippen LogP contribution in [0.5, 0.6) is 0 Å². The van der Waals surface area contributed by atoms with Crippen LogP contribution in [0, 0.1) is 11.3 Å². The van der Waals surface area contributed by atoms with Crippen molar-refractivity contribution < 1.29 is 0 Å². The molecule has 0 aliphatic rings. The average molecular weight is 199 g/mol. The fourth-order valence-electron chi connectivity index (χ4n) is 1.74. The van der Waals surface area contributed by atoms with E-state index in [4.69, 9.17) is 11.0 Å². The second-order valence-electron chi connectivity index (χ2n) is 3.83. The van der Waals surface area contributed by atoms with Crippen LogP contribution in [0.2, 0.25) is 0 Å². The van der Waals surface area contributed by atoms with Crippen molar-refractivity contribution >= 4 is 10.9 Å². The zero-order valence-electron chi connectivity index (χ0n) is 8.64. The summed E-state index contributed by atoms with van der Waals surface area (Å²) < 4.78 is 2.11. The van der Waals surface area contributed by atoms with E-state index >= 15 is 0 Å². The minimum atomic E-state index is 0.135. The Balaban J connectivity index is 2.48. The molecular weight excluding hydrogens is 186 g/mol. The predicted molar refractivity (Wildman–Crippen MR) is 60.3 cm³/mol. The van der Waals surface area contributed by atoms with E-state index in [1.807, 2.05) is 37.4 Å².